The highest BCUT2D eigenvalue weighted by Crippen LogP contribution is 2.49. The number of aromatic nitrogens is 4. The first-order valence-corrected chi connectivity index (χ1v) is 15.3. The Balaban J connectivity index is 1.48. The SMILES string of the molecule is Cc1nc2c(F)c(-c3cccc(Cl)c3Cl)c(CCC#N)cc2c2c1cc(C(C)NC(=O)c1ncccn1)n2[C@H]1[C@H]2CN[C@@H]1C2. The number of aryl methyl sites for hydroxylation is 2. The lowest BCUT2D eigenvalue weighted by Crippen LogP contribution is -2.40. The Kier molecular flexibility index (Phi) is 7.24. The Hall–Kier alpha value is -4.10. The minimum atomic E-state index is -0.504. The van der Waals surface area contributed by atoms with Gasteiger partial charge in [-0.25, -0.2) is 19.3 Å². The van der Waals surface area contributed by atoms with E-state index in [4.69, 9.17) is 28.2 Å². The van der Waals surface area contributed by atoms with Gasteiger partial charge in [0.05, 0.1) is 33.7 Å². The van der Waals surface area contributed by atoms with Gasteiger partial charge in [-0.2, -0.15) is 5.26 Å². The topological polar surface area (TPSA) is 109 Å². The van der Waals surface area contributed by atoms with Crippen LogP contribution in [-0.2, 0) is 6.42 Å². The predicted octanol–water partition coefficient (Wildman–Crippen LogP) is 6.88. The smallest absolute Gasteiger partial charge is 0.289 e. The number of rotatable bonds is 7. The van der Waals surface area contributed by atoms with Crippen LogP contribution in [0.2, 0.25) is 10.0 Å². The minimum absolute atomic E-state index is 0.0899. The van der Waals surface area contributed by atoms with E-state index in [0.29, 0.717) is 45.1 Å². The van der Waals surface area contributed by atoms with Crippen LogP contribution in [0.15, 0.2) is 48.8 Å². The summed E-state index contributed by atoms with van der Waals surface area (Å²) in [6, 6.07) is 13.0. The first kappa shape index (κ1) is 28.7. The third-order valence-corrected chi connectivity index (χ3v) is 9.81. The van der Waals surface area contributed by atoms with E-state index in [9.17, 15) is 10.1 Å². The summed E-state index contributed by atoms with van der Waals surface area (Å²) in [5.74, 6) is -0.383. The van der Waals surface area contributed by atoms with E-state index in [2.05, 4.69) is 37.3 Å². The van der Waals surface area contributed by atoms with Gasteiger partial charge < -0.3 is 15.2 Å². The fourth-order valence-electron chi connectivity index (χ4n) is 6.93. The number of benzene rings is 2. The lowest BCUT2D eigenvalue weighted by atomic mass is 9.79. The van der Waals surface area contributed by atoms with Gasteiger partial charge in [0, 0.05) is 64.7 Å². The van der Waals surface area contributed by atoms with Crippen LogP contribution in [0.25, 0.3) is 32.9 Å². The Morgan fingerprint density at radius 2 is 2.02 bits per heavy atom. The summed E-state index contributed by atoms with van der Waals surface area (Å²) in [5.41, 5.74) is 4.07. The zero-order valence-electron chi connectivity index (χ0n) is 24.0. The van der Waals surface area contributed by atoms with Crippen molar-refractivity contribution >= 4 is 50.9 Å². The summed E-state index contributed by atoms with van der Waals surface area (Å²) in [4.78, 5) is 26.1. The van der Waals surface area contributed by atoms with E-state index in [0.717, 1.165) is 29.6 Å². The molecule has 2 N–H and O–H groups in total. The molecule has 2 bridgehead atoms. The van der Waals surface area contributed by atoms with Crippen LogP contribution >= 0.6 is 23.2 Å². The van der Waals surface area contributed by atoms with Crippen molar-refractivity contribution in [2.75, 3.05) is 6.54 Å². The molecule has 222 valence electrons. The molecule has 1 saturated carbocycles. The molecule has 4 atom stereocenters. The molecule has 5 heterocycles. The van der Waals surface area contributed by atoms with Crippen LogP contribution in [0.4, 0.5) is 4.39 Å². The van der Waals surface area contributed by atoms with Gasteiger partial charge in [0.2, 0.25) is 5.82 Å². The lowest BCUT2D eigenvalue weighted by Gasteiger charge is -2.38. The van der Waals surface area contributed by atoms with E-state index < -0.39 is 11.9 Å². The molecule has 1 aliphatic carbocycles. The van der Waals surface area contributed by atoms with Crippen molar-refractivity contribution in [1.82, 2.24) is 30.2 Å². The zero-order chi connectivity index (χ0) is 30.7. The molecule has 0 spiro atoms. The predicted molar refractivity (Wildman–Crippen MR) is 168 cm³/mol. The van der Waals surface area contributed by atoms with Crippen LogP contribution in [-0.4, -0.2) is 38.0 Å². The molecule has 2 aromatic carbocycles. The number of nitrogens with one attached hydrogen (secondary N) is 2. The van der Waals surface area contributed by atoms with Gasteiger partial charge in [0.25, 0.3) is 5.91 Å². The van der Waals surface area contributed by atoms with E-state index in [1.54, 1.807) is 24.3 Å². The summed E-state index contributed by atoms with van der Waals surface area (Å²) < 4.78 is 19.1. The van der Waals surface area contributed by atoms with Crippen LogP contribution in [0.5, 0.6) is 0 Å². The van der Waals surface area contributed by atoms with Gasteiger partial charge in [-0.1, -0.05) is 35.3 Å². The maximum Gasteiger partial charge on any atom is 0.289 e. The molecule has 1 unspecified atom stereocenters. The number of hydrogen-bond donors (Lipinski definition) is 2. The average molecular weight is 629 g/mol. The Bertz CT molecular complexity index is 1990. The van der Waals surface area contributed by atoms with Gasteiger partial charge in [-0.3, -0.25) is 4.79 Å². The second-order valence-corrected chi connectivity index (χ2v) is 12.3. The Labute approximate surface area is 263 Å². The highest BCUT2D eigenvalue weighted by molar-refractivity contribution is 6.43. The summed E-state index contributed by atoms with van der Waals surface area (Å²) in [6.07, 6.45) is 4.65. The van der Waals surface area contributed by atoms with Crippen molar-refractivity contribution in [2.24, 2.45) is 5.92 Å². The van der Waals surface area contributed by atoms with Crippen molar-refractivity contribution < 1.29 is 9.18 Å². The summed E-state index contributed by atoms with van der Waals surface area (Å²) >= 11 is 12.9. The molecule has 8 nitrogen and oxygen atoms in total. The molecule has 0 radical (unpaired) electrons. The number of nitrogens with zero attached hydrogens (tertiary/aromatic N) is 5. The van der Waals surface area contributed by atoms with Crippen LogP contribution in [0.1, 0.15) is 59.4 Å². The molecular formula is C33H28Cl2FN7O. The molecule has 3 aliphatic rings. The first-order chi connectivity index (χ1) is 21.3. The van der Waals surface area contributed by atoms with E-state index >= 15 is 4.39 Å². The molecule has 1 amide bonds. The average Bonchev–Trinajstić information content (AvgIpc) is 3.76. The van der Waals surface area contributed by atoms with E-state index in [1.165, 1.54) is 12.4 Å². The highest BCUT2D eigenvalue weighted by Gasteiger charge is 2.49. The molecule has 2 saturated heterocycles. The van der Waals surface area contributed by atoms with Crippen LogP contribution in [0.3, 0.4) is 0 Å². The quantitative estimate of drug-likeness (QED) is 0.204. The van der Waals surface area contributed by atoms with Crippen LogP contribution in [0, 0.1) is 30.0 Å². The molecule has 2 aliphatic heterocycles. The van der Waals surface area contributed by atoms with Crippen LogP contribution < -0.4 is 10.6 Å². The number of hydrogen-bond acceptors (Lipinski definition) is 6. The summed E-state index contributed by atoms with van der Waals surface area (Å²) in [6.45, 7) is 4.70. The molecular weight excluding hydrogens is 600 g/mol. The van der Waals surface area contributed by atoms with Crippen molar-refractivity contribution in [3.63, 3.8) is 0 Å². The molecule has 5 aromatic rings. The Morgan fingerprint density at radius 1 is 1.23 bits per heavy atom. The largest absolute Gasteiger partial charge is 0.341 e. The molecule has 3 aromatic heterocycles. The second-order valence-electron chi connectivity index (χ2n) is 11.5. The number of carbonyl (C=O) groups excluding carboxylic acids is 1. The normalized spacial score (nSPS) is 19.6. The van der Waals surface area contributed by atoms with Crippen molar-refractivity contribution in [1.29, 1.82) is 5.26 Å². The third kappa shape index (κ3) is 4.52. The van der Waals surface area contributed by atoms with Crippen molar-refractivity contribution in [2.45, 2.75) is 51.2 Å². The third-order valence-electron chi connectivity index (χ3n) is 8.99. The van der Waals surface area contributed by atoms with E-state index in [-0.39, 0.29) is 40.8 Å². The fourth-order valence-corrected chi connectivity index (χ4v) is 7.32. The Morgan fingerprint density at radius 3 is 2.73 bits per heavy atom. The van der Waals surface area contributed by atoms with Crippen molar-refractivity contribution in [3.05, 3.63) is 87.4 Å². The number of pyridine rings is 1. The van der Waals surface area contributed by atoms with E-state index in [1.807, 2.05) is 19.9 Å². The zero-order valence-corrected chi connectivity index (χ0v) is 25.5. The van der Waals surface area contributed by atoms with Gasteiger partial charge in [-0.05, 0) is 62.4 Å². The molecule has 11 heteroatoms. The highest BCUT2D eigenvalue weighted by atomic mass is 35.5. The van der Waals surface area contributed by atoms with Crippen molar-refractivity contribution in [3.8, 4) is 17.2 Å². The standard InChI is InChI=1S/C33H28Cl2FN7O/c1-16-21-14-25(17(2)42-33(44)32-38-10-5-11-39-32)43(30-19-13-24(30)40-15-19)31(21)22-12-18(6-4-9-37)26(28(36)29(22)41-16)20-7-3-8-23(34)27(20)35/h3,5,7-8,10-12,14,17,19,24,30,40H,4,6,13,15H2,1-2H3,(H,42,44)/t17?,19-,24-,30+/m1/s1. The van der Waals surface area contributed by atoms with Gasteiger partial charge in [0.15, 0.2) is 5.82 Å². The maximum atomic E-state index is 16.8. The fraction of sp³-hybridized carbons (Fsp3) is 0.303. The van der Waals surface area contributed by atoms with Gasteiger partial charge in [-0.15, -0.1) is 0 Å². The number of amides is 1. The lowest BCUT2D eigenvalue weighted by molar-refractivity contribution is 0.0926. The number of halogens is 3. The number of carbonyl (C=O) groups is 1. The van der Waals surface area contributed by atoms with Gasteiger partial charge in [0.1, 0.15) is 5.52 Å². The summed E-state index contributed by atoms with van der Waals surface area (Å²) in [7, 11) is 0. The monoisotopic (exact) mass is 627 g/mol. The maximum absolute atomic E-state index is 16.8. The number of nitriles is 1. The molecule has 44 heavy (non-hydrogen) atoms. The number of fused-ring (bicyclic) bond motifs is 4. The first-order valence-electron chi connectivity index (χ1n) is 14.6. The second kappa shape index (κ2) is 11.1. The summed E-state index contributed by atoms with van der Waals surface area (Å²) in [5, 5.41) is 18.2. The molecule has 8 rings (SSSR count). The van der Waals surface area contributed by atoms with Gasteiger partial charge >= 0.3 is 0 Å². The molecule has 3 fully saturated rings. The minimum Gasteiger partial charge on any atom is -0.341 e.